The Morgan fingerprint density at radius 1 is 1.03 bits per heavy atom. The van der Waals surface area contributed by atoms with Crippen molar-refractivity contribution in [1.29, 1.82) is 0 Å². The van der Waals surface area contributed by atoms with Gasteiger partial charge in [-0.1, -0.05) is 17.7 Å². The summed E-state index contributed by atoms with van der Waals surface area (Å²) < 4.78 is 50.8. The van der Waals surface area contributed by atoms with Gasteiger partial charge in [0, 0.05) is 17.4 Å². The highest BCUT2D eigenvalue weighted by Crippen LogP contribution is 2.28. The van der Waals surface area contributed by atoms with E-state index in [1.165, 1.54) is 37.4 Å². The Balaban J connectivity index is 1.63. The minimum Gasteiger partial charge on any atom is -0.497 e. The average molecular weight is 465 g/mol. The fourth-order valence-electron chi connectivity index (χ4n) is 2.54. The molecule has 0 atom stereocenters. The van der Waals surface area contributed by atoms with Crippen LogP contribution in [0.3, 0.4) is 0 Å². The van der Waals surface area contributed by atoms with Gasteiger partial charge >= 0.3 is 0 Å². The molecule has 0 aliphatic carbocycles. The van der Waals surface area contributed by atoms with Crippen molar-refractivity contribution < 1.29 is 27.1 Å². The summed E-state index contributed by atoms with van der Waals surface area (Å²) in [5, 5.41) is 2.66. The largest absolute Gasteiger partial charge is 0.497 e. The van der Waals surface area contributed by atoms with Gasteiger partial charge in [-0.15, -0.1) is 0 Å². The van der Waals surface area contributed by atoms with E-state index in [9.17, 15) is 17.6 Å². The third-order valence-corrected chi connectivity index (χ3v) is 5.70. The molecule has 0 unspecified atom stereocenters. The molecule has 0 fully saturated rings. The monoisotopic (exact) mass is 464 g/mol. The summed E-state index contributed by atoms with van der Waals surface area (Å²) in [4.78, 5) is 12.0. The molecule has 0 saturated carbocycles. The van der Waals surface area contributed by atoms with Gasteiger partial charge in [0.2, 0.25) is 0 Å². The lowest BCUT2D eigenvalue weighted by Gasteiger charge is -2.12. The molecule has 10 heteroatoms. The number of hydrogen-bond acceptors (Lipinski definition) is 5. The minimum atomic E-state index is -3.95. The molecule has 3 aromatic carbocycles. The topological polar surface area (TPSA) is 93.7 Å². The smallest absolute Gasteiger partial charge is 0.262 e. The van der Waals surface area contributed by atoms with Crippen LogP contribution in [0.15, 0.2) is 71.6 Å². The standard InChI is InChI=1S/C21H18ClFN2O5S/c1-29-17-4-2-3-16(11-17)24-21(26)13-30-20-10-9-18(12-19(20)22)31(27,28)25-15-7-5-14(23)6-8-15/h2-12,25H,13H2,1H3,(H,24,26). The van der Waals surface area contributed by atoms with Crippen LogP contribution in [-0.2, 0) is 14.8 Å². The van der Waals surface area contributed by atoms with E-state index < -0.39 is 21.7 Å². The van der Waals surface area contributed by atoms with E-state index in [0.717, 1.165) is 12.1 Å². The number of sulfonamides is 1. The number of carbonyl (C=O) groups excluding carboxylic acids is 1. The Labute approximate surface area is 183 Å². The van der Waals surface area contributed by atoms with Gasteiger partial charge in [-0.05, 0) is 54.6 Å². The number of carbonyl (C=O) groups is 1. The Morgan fingerprint density at radius 2 is 1.77 bits per heavy atom. The van der Waals surface area contributed by atoms with Crippen LogP contribution in [0.5, 0.6) is 11.5 Å². The number of benzene rings is 3. The van der Waals surface area contributed by atoms with Crippen molar-refractivity contribution in [1.82, 2.24) is 0 Å². The van der Waals surface area contributed by atoms with Gasteiger partial charge in [-0.2, -0.15) is 0 Å². The average Bonchev–Trinajstić information content (AvgIpc) is 2.74. The maximum Gasteiger partial charge on any atom is 0.262 e. The summed E-state index contributed by atoms with van der Waals surface area (Å²) >= 11 is 6.13. The van der Waals surface area contributed by atoms with Crippen LogP contribution in [0.4, 0.5) is 15.8 Å². The molecule has 0 spiro atoms. The molecule has 0 saturated heterocycles. The van der Waals surface area contributed by atoms with Crippen LogP contribution in [0.1, 0.15) is 0 Å². The van der Waals surface area contributed by atoms with E-state index >= 15 is 0 Å². The van der Waals surface area contributed by atoms with E-state index in [2.05, 4.69) is 10.0 Å². The van der Waals surface area contributed by atoms with Crippen molar-refractivity contribution in [3.05, 3.63) is 77.6 Å². The number of ether oxygens (including phenoxy) is 2. The number of rotatable bonds is 8. The quantitative estimate of drug-likeness (QED) is 0.518. The second-order valence-electron chi connectivity index (χ2n) is 6.27. The molecule has 31 heavy (non-hydrogen) atoms. The second kappa shape index (κ2) is 9.67. The van der Waals surface area contributed by atoms with Crippen molar-refractivity contribution in [3.63, 3.8) is 0 Å². The zero-order chi connectivity index (χ0) is 22.4. The third-order valence-electron chi connectivity index (χ3n) is 4.02. The number of nitrogens with one attached hydrogen (secondary N) is 2. The molecule has 7 nitrogen and oxygen atoms in total. The molecule has 0 radical (unpaired) electrons. The summed E-state index contributed by atoms with van der Waals surface area (Å²) in [5.41, 5.74) is 0.736. The SMILES string of the molecule is COc1cccc(NC(=O)COc2ccc(S(=O)(=O)Nc3ccc(F)cc3)cc2Cl)c1. The molecule has 2 N–H and O–H groups in total. The maximum atomic E-state index is 13.0. The van der Waals surface area contributed by atoms with Crippen molar-refractivity contribution in [2.24, 2.45) is 0 Å². The number of amides is 1. The van der Waals surface area contributed by atoms with Crippen LogP contribution >= 0.6 is 11.6 Å². The van der Waals surface area contributed by atoms with Gasteiger partial charge in [-0.3, -0.25) is 9.52 Å². The fourth-order valence-corrected chi connectivity index (χ4v) is 3.92. The Kier molecular flexibility index (Phi) is 6.98. The van der Waals surface area contributed by atoms with Gasteiger partial charge < -0.3 is 14.8 Å². The van der Waals surface area contributed by atoms with Crippen LogP contribution in [0.2, 0.25) is 5.02 Å². The molecule has 0 aliphatic rings. The van der Waals surface area contributed by atoms with Crippen molar-refractivity contribution in [2.45, 2.75) is 4.90 Å². The highest BCUT2D eigenvalue weighted by molar-refractivity contribution is 7.92. The Bertz CT molecular complexity index is 1190. The first-order chi connectivity index (χ1) is 14.8. The molecule has 0 aliphatic heterocycles. The molecule has 1 amide bonds. The van der Waals surface area contributed by atoms with E-state index in [0.29, 0.717) is 11.4 Å². The maximum absolute atomic E-state index is 13.0. The van der Waals surface area contributed by atoms with E-state index in [4.69, 9.17) is 21.1 Å². The second-order valence-corrected chi connectivity index (χ2v) is 8.36. The fraction of sp³-hybridized carbons (Fsp3) is 0.0952. The first kappa shape index (κ1) is 22.4. The Hall–Kier alpha value is -3.30. The van der Waals surface area contributed by atoms with Gasteiger partial charge in [0.05, 0.1) is 17.0 Å². The van der Waals surface area contributed by atoms with Crippen molar-refractivity contribution >= 4 is 38.9 Å². The number of anilines is 2. The predicted molar refractivity (Wildman–Crippen MR) is 116 cm³/mol. The highest BCUT2D eigenvalue weighted by Gasteiger charge is 2.17. The van der Waals surface area contributed by atoms with Crippen LogP contribution in [0, 0.1) is 5.82 Å². The normalized spacial score (nSPS) is 10.9. The van der Waals surface area contributed by atoms with Gasteiger partial charge in [0.15, 0.2) is 6.61 Å². The van der Waals surface area contributed by atoms with Gasteiger partial charge in [-0.25, -0.2) is 12.8 Å². The molecule has 3 rings (SSSR count). The summed E-state index contributed by atoms with van der Waals surface area (Å²) in [7, 11) is -2.43. The lowest BCUT2D eigenvalue weighted by atomic mass is 10.3. The number of hydrogen-bond donors (Lipinski definition) is 2. The lowest BCUT2D eigenvalue weighted by Crippen LogP contribution is -2.20. The molecular weight excluding hydrogens is 447 g/mol. The Morgan fingerprint density at radius 3 is 2.45 bits per heavy atom. The number of methoxy groups -OCH3 is 1. The molecule has 0 aromatic heterocycles. The minimum absolute atomic E-state index is 0.0103. The van der Waals surface area contributed by atoms with E-state index in [-0.39, 0.29) is 28.0 Å². The van der Waals surface area contributed by atoms with Crippen LogP contribution in [-0.4, -0.2) is 28.0 Å². The summed E-state index contributed by atoms with van der Waals surface area (Å²) in [5.74, 6) is -0.182. The molecule has 0 bridgehead atoms. The predicted octanol–water partition coefficient (Wildman–Crippen LogP) is 4.31. The molecule has 0 heterocycles. The zero-order valence-electron chi connectivity index (χ0n) is 16.3. The lowest BCUT2D eigenvalue weighted by molar-refractivity contribution is -0.118. The number of halogens is 2. The van der Waals surface area contributed by atoms with Crippen LogP contribution in [0.25, 0.3) is 0 Å². The summed E-state index contributed by atoms with van der Waals surface area (Å²) in [6.45, 7) is -0.336. The third kappa shape index (κ3) is 6.09. The highest BCUT2D eigenvalue weighted by atomic mass is 35.5. The van der Waals surface area contributed by atoms with Gasteiger partial charge in [0.1, 0.15) is 17.3 Å². The summed E-state index contributed by atoms with van der Waals surface area (Å²) in [6, 6.07) is 15.5. The molecule has 162 valence electrons. The van der Waals surface area contributed by atoms with Crippen molar-refractivity contribution in [2.75, 3.05) is 23.8 Å². The molecule has 3 aromatic rings. The zero-order valence-corrected chi connectivity index (χ0v) is 17.8. The van der Waals surface area contributed by atoms with E-state index in [1.54, 1.807) is 24.3 Å². The molecular formula is C21H18ClFN2O5S. The van der Waals surface area contributed by atoms with Gasteiger partial charge in [0.25, 0.3) is 15.9 Å². The van der Waals surface area contributed by atoms with Crippen molar-refractivity contribution in [3.8, 4) is 11.5 Å². The van der Waals surface area contributed by atoms with E-state index in [1.807, 2.05) is 0 Å². The van der Waals surface area contributed by atoms with Crippen LogP contribution < -0.4 is 19.5 Å². The first-order valence-corrected chi connectivity index (χ1v) is 10.8. The first-order valence-electron chi connectivity index (χ1n) is 8.91. The summed E-state index contributed by atoms with van der Waals surface area (Å²) in [6.07, 6.45) is 0.